The second-order valence-electron chi connectivity index (χ2n) is 8.77. The summed E-state index contributed by atoms with van der Waals surface area (Å²) in [6.45, 7) is 7.39. The highest BCUT2D eigenvalue weighted by Crippen LogP contribution is 2.52. The van der Waals surface area contributed by atoms with Gasteiger partial charge >= 0.3 is 0 Å². The smallest absolute Gasteiger partial charge is 0.236 e. The van der Waals surface area contributed by atoms with E-state index in [1.165, 1.54) is 0 Å². The molecule has 2 aliphatic heterocycles. The third-order valence-electron chi connectivity index (χ3n) is 6.44. The molecule has 11 heteroatoms. The molecule has 2 fully saturated rings. The van der Waals surface area contributed by atoms with Crippen LogP contribution in [0.25, 0.3) is 0 Å². The molecule has 2 unspecified atom stereocenters. The third kappa shape index (κ3) is 3.91. The van der Waals surface area contributed by atoms with Crippen LogP contribution in [0.5, 0.6) is 0 Å². The standard InChI is InChI=1S/C20H25ClN8O2/c1-19-10-27(16(31)3-4-22)11-20(19,2)13-28(12-19)17-15(21)8-23-18(26-17)25-14-7-24-29(9-14)5-6-30/h7-9,30H,3,5-6,10-13H2,1-2H3,(H,23,25,26). The minimum Gasteiger partial charge on any atom is -0.394 e. The van der Waals surface area contributed by atoms with Crippen molar-refractivity contribution < 1.29 is 9.90 Å². The zero-order valence-corrected chi connectivity index (χ0v) is 18.3. The van der Waals surface area contributed by atoms with E-state index in [9.17, 15) is 4.79 Å². The van der Waals surface area contributed by atoms with Crippen molar-refractivity contribution in [2.75, 3.05) is 43.0 Å². The molecule has 2 atom stereocenters. The van der Waals surface area contributed by atoms with Crippen LogP contribution in [-0.4, -0.2) is 68.4 Å². The Morgan fingerprint density at radius 1 is 1.29 bits per heavy atom. The van der Waals surface area contributed by atoms with Crippen LogP contribution in [0.2, 0.25) is 5.02 Å². The summed E-state index contributed by atoms with van der Waals surface area (Å²) in [5.41, 5.74) is 0.446. The third-order valence-corrected chi connectivity index (χ3v) is 6.71. The molecule has 1 amide bonds. The summed E-state index contributed by atoms with van der Waals surface area (Å²) in [6.07, 6.45) is 4.90. The first-order valence-electron chi connectivity index (χ1n) is 10.1. The van der Waals surface area contributed by atoms with Crippen LogP contribution < -0.4 is 10.2 Å². The van der Waals surface area contributed by atoms with E-state index in [1.54, 1.807) is 28.2 Å². The van der Waals surface area contributed by atoms with Gasteiger partial charge in [-0.15, -0.1) is 0 Å². The highest BCUT2D eigenvalue weighted by molar-refractivity contribution is 6.32. The summed E-state index contributed by atoms with van der Waals surface area (Å²) in [6, 6.07) is 1.95. The summed E-state index contributed by atoms with van der Waals surface area (Å²) in [5, 5.41) is 25.6. The van der Waals surface area contributed by atoms with E-state index in [0.29, 0.717) is 55.2 Å². The fourth-order valence-electron chi connectivity index (χ4n) is 4.59. The quantitative estimate of drug-likeness (QED) is 0.689. The first-order chi connectivity index (χ1) is 14.8. The Bertz CT molecular complexity index is 1020. The van der Waals surface area contributed by atoms with Crippen molar-refractivity contribution in [1.29, 1.82) is 5.26 Å². The average Bonchev–Trinajstić information content (AvgIpc) is 3.32. The maximum atomic E-state index is 12.2. The van der Waals surface area contributed by atoms with Gasteiger partial charge in [-0.3, -0.25) is 9.48 Å². The molecule has 31 heavy (non-hydrogen) atoms. The lowest BCUT2D eigenvalue weighted by Gasteiger charge is -2.29. The van der Waals surface area contributed by atoms with E-state index in [4.69, 9.17) is 22.0 Å². The van der Waals surface area contributed by atoms with Gasteiger partial charge in [-0.05, 0) is 0 Å². The maximum absolute atomic E-state index is 12.2. The van der Waals surface area contributed by atoms with E-state index in [-0.39, 0.29) is 29.8 Å². The lowest BCUT2D eigenvalue weighted by Crippen LogP contribution is -2.35. The molecule has 4 rings (SSSR count). The number of carbonyl (C=O) groups is 1. The van der Waals surface area contributed by atoms with E-state index in [2.05, 4.69) is 39.1 Å². The molecule has 2 aromatic heterocycles. The molecular formula is C20H25ClN8O2. The number of amides is 1. The molecule has 2 aromatic rings. The Kier molecular flexibility index (Phi) is 5.49. The number of halogens is 1. The number of carbonyl (C=O) groups excluding carboxylic acids is 1. The molecule has 2 aliphatic rings. The fourth-order valence-corrected chi connectivity index (χ4v) is 4.80. The number of anilines is 3. The second kappa shape index (κ2) is 7.98. The molecule has 2 saturated heterocycles. The van der Waals surface area contributed by atoms with Gasteiger partial charge < -0.3 is 20.2 Å². The van der Waals surface area contributed by atoms with Crippen LogP contribution in [0.4, 0.5) is 17.5 Å². The number of aromatic nitrogens is 4. The number of nitriles is 1. The van der Waals surface area contributed by atoms with E-state index in [1.807, 2.05) is 6.07 Å². The van der Waals surface area contributed by atoms with Gasteiger partial charge in [0.1, 0.15) is 11.4 Å². The highest BCUT2D eigenvalue weighted by Gasteiger charge is 2.58. The van der Waals surface area contributed by atoms with Crippen molar-refractivity contribution in [3.05, 3.63) is 23.6 Å². The van der Waals surface area contributed by atoms with Crippen molar-refractivity contribution in [1.82, 2.24) is 24.6 Å². The molecular weight excluding hydrogens is 420 g/mol. The Balaban J connectivity index is 1.51. The predicted molar refractivity (Wildman–Crippen MR) is 115 cm³/mol. The molecule has 0 aromatic carbocycles. The van der Waals surface area contributed by atoms with Crippen LogP contribution in [0.15, 0.2) is 18.6 Å². The van der Waals surface area contributed by atoms with Crippen LogP contribution in [0.1, 0.15) is 20.3 Å². The number of aliphatic hydroxyl groups excluding tert-OH is 1. The molecule has 164 valence electrons. The summed E-state index contributed by atoms with van der Waals surface area (Å²) in [7, 11) is 0. The molecule has 0 saturated carbocycles. The normalized spacial score (nSPS) is 24.9. The number of rotatable bonds is 6. The van der Waals surface area contributed by atoms with E-state index < -0.39 is 0 Å². The molecule has 4 heterocycles. The summed E-state index contributed by atoms with van der Waals surface area (Å²) < 4.78 is 1.63. The van der Waals surface area contributed by atoms with Gasteiger partial charge in [0, 0.05) is 43.2 Å². The van der Waals surface area contributed by atoms with Crippen molar-refractivity contribution in [3.8, 4) is 6.07 Å². The van der Waals surface area contributed by atoms with Gasteiger partial charge in [-0.2, -0.15) is 15.3 Å². The fraction of sp³-hybridized carbons (Fsp3) is 0.550. The first kappa shape index (κ1) is 21.3. The first-order valence-corrected chi connectivity index (χ1v) is 10.5. The Morgan fingerprint density at radius 3 is 2.65 bits per heavy atom. The number of hydrogen-bond donors (Lipinski definition) is 2. The molecule has 0 spiro atoms. The van der Waals surface area contributed by atoms with Gasteiger partial charge in [0.25, 0.3) is 0 Å². The number of nitrogens with one attached hydrogen (secondary N) is 1. The van der Waals surface area contributed by atoms with Gasteiger partial charge in [0.05, 0.1) is 37.3 Å². The topological polar surface area (TPSA) is 123 Å². The molecule has 0 bridgehead atoms. The van der Waals surface area contributed by atoms with Crippen molar-refractivity contribution in [2.45, 2.75) is 26.8 Å². The zero-order chi connectivity index (χ0) is 22.2. The minimum atomic E-state index is -0.134. The maximum Gasteiger partial charge on any atom is 0.236 e. The molecule has 0 aliphatic carbocycles. The summed E-state index contributed by atoms with van der Waals surface area (Å²) in [5.74, 6) is 0.939. The van der Waals surface area contributed by atoms with Gasteiger partial charge in [-0.1, -0.05) is 25.4 Å². The monoisotopic (exact) mass is 444 g/mol. The van der Waals surface area contributed by atoms with E-state index >= 15 is 0 Å². The van der Waals surface area contributed by atoms with Crippen molar-refractivity contribution in [3.63, 3.8) is 0 Å². The van der Waals surface area contributed by atoms with E-state index in [0.717, 1.165) is 0 Å². The molecule has 2 N–H and O–H groups in total. The molecule has 0 radical (unpaired) electrons. The lowest BCUT2D eigenvalue weighted by molar-refractivity contribution is -0.129. The molecule has 10 nitrogen and oxygen atoms in total. The Hall–Kier alpha value is -2.90. The number of fused-ring (bicyclic) bond motifs is 1. The van der Waals surface area contributed by atoms with Crippen LogP contribution in [0.3, 0.4) is 0 Å². The minimum absolute atomic E-state index is 0.00868. The van der Waals surface area contributed by atoms with Gasteiger partial charge in [0.2, 0.25) is 11.9 Å². The van der Waals surface area contributed by atoms with Crippen LogP contribution >= 0.6 is 11.6 Å². The van der Waals surface area contributed by atoms with Crippen LogP contribution in [-0.2, 0) is 11.3 Å². The average molecular weight is 445 g/mol. The summed E-state index contributed by atoms with van der Waals surface area (Å²) in [4.78, 5) is 25.1. The number of aliphatic hydroxyl groups is 1. The number of nitrogens with zero attached hydrogens (tertiary/aromatic N) is 7. The highest BCUT2D eigenvalue weighted by atomic mass is 35.5. The lowest BCUT2D eigenvalue weighted by atomic mass is 9.71. The second-order valence-corrected chi connectivity index (χ2v) is 9.18. The zero-order valence-electron chi connectivity index (χ0n) is 17.5. The van der Waals surface area contributed by atoms with Gasteiger partial charge in [0.15, 0.2) is 5.82 Å². The van der Waals surface area contributed by atoms with Crippen molar-refractivity contribution in [2.24, 2.45) is 10.8 Å². The Morgan fingerprint density at radius 2 is 2.00 bits per heavy atom. The summed E-state index contributed by atoms with van der Waals surface area (Å²) >= 11 is 6.45. The number of hydrogen-bond acceptors (Lipinski definition) is 8. The number of likely N-dealkylation sites (tertiary alicyclic amines) is 1. The SMILES string of the molecule is CC12CN(C(=O)CC#N)CC1(C)CN(c1nc(Nc3cnn(CCO)c3)ncc1Cl)C2. The van der Waals surface area contributed by atoms with Crippen LogP contribution in [0, 0.1) is 22.2 Å². The Labute approximate surface area is 185 Å². The predicted octanol–water partition coefficient (Wildman–Crippen LogP) is 1.65. The largest absolute Gasteiger partial charge is 0.394 e. The van der Waals surface area contributed by atoms with Crippen molar-refractivity contribution >= 4 is 35.0 Å². The van der Waals surface area contributed by atoms with Gasteiger partial charge in [-0.25, -0.2) is 4.98 Å².